The average molecular weight is 381 g/mol. The maximum atomic E-state index is 12.7. The first-order chi connectivity index (χ1) is 13.5. The molecular formula is C21H23N3O4. The van der Waals surface area contributed by atoms with Crippen LogP contribution < -0.4 is 19.5 Å². The third-order valence-corrected chi connectivity index (χ3v) is 4.38. The summed E-state index contributed by atoms with van der Waals surface area (Å²) < 4.78 is 17.6. The molecule has 1 heterocycles. The van der Waals surface area contributed by atoms with E-state index in [0.717, 1.165) is 11.3 Å². The van der Waals surface area contributed by atoms with Crippen molar-refractivity contribution in [3.63, 3.8) is 0 Å². The molecule has 0 radical (unpaired) electrons. The second-order valence-electron chi connectivity index (χ2n) is 6.27. The topological polar surface area (TPSA) is 74.6 Å². The minimum atomic E-state index is -0.330. The van der Waals surface area contributed by atoms with Gasteiger partial charge in [0.05, 0.1) is 27.0 Å². The third-order valence-electron chi connectivity index (χ3n) is 4.38. The molecule has 146 valence electrons. The van der Waals surface area contributed by atoms with Crippen molar-refractivity contribution in [2.24, 2.45) is 7.05 Å². The van der Waals surface area contributed by atoms with E-state index in [2.05, 4.69) is 10.4 Å². The van der Waals surface area contributed by atoms with Crippen molar-refractivity contribution in [1.82, 2.24) is 9.78 Å². The number of methoxy groups -OCH3 is 3. The van der Waals surface area contributed by atoms with E-state index in [4.69, 9.17) is 14.2 Å². The predicted octanol–water partition coefficient (Wildman–Crippen LogP) is 3.67. The molecule has 7 heteroatoms. The molecule has 0 aliphatic heterocycles. The molecule has 1 aromatic heterocycles. The van der Waals surface area contributed by atoms with E-state index in [1.807, 2.05) is 38.2 Å². The van der Waals surface area contributed by atoms with Crippen molar-refractivity contribution in [3.05, 3.63) is 53.7 Å². The Hall–Kier alpha value is -3.48. The Morgan fingerprint density at radius 2 is 1.57 bits per heavy atom. The zero-order chi connectivity index (χ0) is 20.3. The molecule has 3 rings (SSSR count). The van der Waals surface area contributed by atoms with Gasteiger partial charge in [-0.3, -0.25) is 9.48 Å². The Kier molecular flexibility index (Phi) is 5.54. The standard InChI is InChI=1S/C21H23N3O4/c1-13-6-8-14(9-7-13)17-12-16(23-24(17)2)21(25)22-15-10-18(26-3)20(28-5)19(11-15)27-4/h6-12H,1-5H3,(H,22,25). The SMILES string of the molecule is COc1cc(NC(=O)c2cc(-c3ccc(C)cc3)n(C)n2)cc(OC)c1OC. The van der Waals surface area contributed by atoms with Gasteiger partial charge in [0.15, 0.2) is 17.2 Å². The number of aromatic nitrogens is 2. The molecule has 2 aromatic carbocycles. The smallest absolute Gasteiger partial charge is 0.276 e. The molecule has 28 heavy (non-hydrogen) atoms. The first-order valence-corrected chi connectivity index (χ1v) is 8.69. The number of anilines is 1. The van der Waals surface area contributed by atoms with Crippen LogP contribution in [0.25, 0.3) is 11.3 Å². The molecule has 3 aromatic rings. The van der Waals surface area contributed by atoms with Gasteiger partial charge >= 0.3 is 0 Å². The number of rotatable bonds is 6. The summed E-state index contributed by atoms with van der Waals surface area (Å²) in [4.78, 5) is 12.7. The Morgan fingerprint density at radius 3 is 2.11 bits per heavy atom. The summed E-state index contributed by atoms with van der Waals surface area (Å²) in [5.41, 5.74) is 3.85. The number of ether oxygens (including phenoxy) is 3. The Morgan fingerprint density at radius 1 is 0.964 bits per heavy atom. The summed E-state index contributed by atoms with van der Waals surface area (Å²) in [6.45, 7) is 2.03. The van der Waals surface area contributed by atoms with Crippen molar-refractivity contribution >= 4 is 11.6 Å². The summed E-state index contributed by atoms with van der Waals surface area (Å²) in [6, 6.07) is 13.2. The van der Waals surface area contributed by atoms with Gasteiger partial charge in [-0.2, -0.15) is 5.10 Å². The van der Waals surface area contributed by atoms with E-state index in [1.54, 1.807) is 22.9 Å². The second-order valence-corrected chi connectivity index (χ2v) is 6.27. The lowest BCUT2D eigenvalue weighted by Gasteiger charge is -2.14. The lowest BCUT2D eigenvalue weighted by Crippen LogP contribution is -2.13. The quantitative estimate of drug-likeness (QED) is 0.705. The van der Waals surface area contributed by atoms with Crippen LogP contribution in [0, 0.1) is 6.92 Å². The lowest BCUT2D eigenvalue weighted by atomic mass is 10.1. The fourth-order valence-corrected chi connectivity index (χ4v) is 2.92. The van der Waals surface area contributed by atoms with Crippen LogP contribution in [0.5, 0.6) is 17.2 Å². The van der Waals surface area contributed by atoms with Crippen LogP contribution in [0.15, 0.2) is 42.5 Å². The van der Waals surface area contributed by atoms with Gasteiger partial charge in [-0.1, -0.05) is 29.8 Å². The minimum absolute atomic E-state index is 0.312. The van der Waals surface area contributed by atoms with Crippen molar-refractivity contribution in [2.45, 2.75) is 6.92 Å². The zero-order valence-electron chi connectivity index (χ0n) is 16.6. The number of hydrogen-bond acceptors (Lipinski definition) is 5. The number of aryl methyl sites for hydroxylation is 2. The summed E-state index contributed by atoms with van der Waals surface area (Å²) in [5.74, 6) is 1.04. The molecule has 0 fully saturated rings. The summed E-state index contributed by atoms with van der Waals surface area (Å²) in [6.07, 6.45) is 0. The normalized spacial score (nSPS) is 10.5. The fourth-order valence-electron chi connectivity index (χ4n) is 2.92. The maximum absolute atomic E-state index is 12.7. The minimum Gasteiger partial charge on any atom is -0.493 e. The van der Waals surface area contributed by atoms with Gasteiger partial charge < -0.3 is 19.5 Å². The van der Waals surface area contributed by atoms with E-state index >= 15 is 0 Å². The van der Waals surface area contributed by atoms with Gasteiger partial charge in [-0.15, -0.1) is 0 Å². The van der Waals surface area contributed by atoms with Crippen LogP contribution in [0.3, 0.4) is 0 Å². The van der Waals surface area contributed by atoms with Crippen LogP contribution >= 0.6 is 0 Å². The van der Waals surface area contributed by atoms with E-state index < -0.39 is 0 Å². The Bertz CT molecular complexity index is 968. The van der Waals surface area contributed by atoms with Gasteiger partial charge in [-0.25, -0.2) is 0 Å². The zero-order valence-corrected chi connectivity index (χ0v) is 16.6. The van der Waals surface area contributed by atoms with Gasteiger partial charge in [0.25, 0.3) is 5.91 Å². The maximum Gasteiger partial charge on any atom is 0.276 e. The summed E-state index contributed by atoms with van der Waals surface area (Å²) in [5, 5.41) is 7.17. The van der Waals surface area contributed by atoms with Crippen molar-refractivity contribution in [2.75, 3.05) is 26.6 Å². The highest BCUT2D eigenvalue weighted by Gasteiger charge is 2.17. The molecule has 7 nitrogen and oxygen atoms in total. The molecule has 0 bridgehead atoms. The van der Waals surface area contributed by atoms with E-state index in [9.17, 15) is 4.79 Å². The molecule has 1 N–H and O–H groups in total. The number of hydrogen-bond donors (Lipinski definition) is 1. The Labute approximate surface area is 163 Å². The number of nitrogens with one attached hydrogen (secondary N) is 1. The van der Waals surface area contributed by atoms with Crippen LogP contribution in [-0.2, 0) is 7.05 Å². The second kappa shape index (κ2) is 8.04. The number of carbonyl (C=O) groups excluding carboxylic acids is 1. The molecule has 0 aliphatic rings. The first kappa shape index (κ1) is 19.3. The highest BCUT2D eigenvalue weighted by molar-refractivity contribution is 6.03. The van der Waals surface area contributed by atoms with Gasteiger partial charge in [0, 0.05) is 24.9 Å². The van der Waals surface area contributed by atoms with E-state index in [1.165, 1.54) is 26.9 Å². The third kappa shape index (κ3) is 3.78. The molecule has 0 saturated heterocycles. The van der Waals surface area contributed by atoms with Crippen LogP contribution in [0.1, 0.15) is 16.1 Å². The molecule has 0 unspecified atom stereocenters. The lowest BCUT2D eigenvalue weighted by molar-refractivity contribution is 0.102. The monoisotopic (exact) mass is 381 g/mol. The van der Waals surface area contributed by atoms with Gasteiger partial charge in [0.1, 0.15) is 0 Å². The van der Waals surface area contributed by atoms with Crippen LogP contribution in [-0.4, -0.2) is 37.0 Å². The molecule has 0 saturated carbocycles. The molecule has 0 aliphatic carbocycles. The fraction of sp³-hybridized carbons (Fsp3) is 0.238. The number of carbonyl (C=O) groups is 1. The summed E-state index contributed by atoms with van der Waals surface area (Å²) in [7, 11) is 6.38. The molecule has 0 spiro atoms. The highest BCUT2D eigenvalue weighted by Crippen LogP contribution is 2.40. The largest absolute Gasteiger partial charge is 0.493 e. The van der Waals surface area contributed by atoms with Crippen LogP contribution in [0.4, 0.5) is 5.69 Å². The first-order valence-electron chi connectivity index (χ1n) is 8.69. The number of amides is 1. The Balaban J connectivity index is 1.88. The molecular weight excluding hydrogens is 358 g/mol. The van der Waals surface area contributed by atoms with Crippen molar-refractivity contribution in [1.29, 1.82) is 0 Å². The molecule has 1 amide bonds. The van der Waals surface area contributed by atoms with Crippen LogP contribution in [0.2, 0.25) is 0 Å². The van der Waals surface area contributed by atoms with Crippen molar-refractivity contribution in [3.8, 4) is 28.5 Å². The number of benzene rings is 2. The van der Waals surface area contributed by atoms with E-state index in [0.29, 0.717) is 28.6 Å². The van der Waals surface area contributed by atoms with Gasteiger partial charge in [-0.05, 0) is 18.6 Å². The van der Waals surface area contributed by atoms with E-state index in [-0.39, 0.29) is 5.91 Å². The predicted molar refractivity (Wildman–Crippen MR) is 107 cm³/mol. The average Bonchev–Trinajstić information content (AvgIpc) is 3.09. The summed E-state index contributed by atoms with van der Waals surface area (Å²) >= 11 is 0. The van der Waals surface area contributed by atoms with Crippen molar-refractivity contribution < 1.29 is 19.0 Å². The molecule has 0 atom stereocenters. The number of nitrogens with zero attached hydrogens (tertiary/aromatic N) is 2. The van der Waals surface area contributed by atoms with Gasteiger partial charge in [0.2, 0.25) is 5.75 Å². The highest BCUT2D eigenvalue weighted by atomic mass is 16.5.